The number of rotatable bonds is 16. The second-order valence-electron chi connectivity index (χ2n) is 10.6. The molecule has 0 amide bonds. The Morgan fingerprint density at radius 1 is 0.524 bits per heavy atom. The average Bonchev–Trinajstić information content (AvgIpc) is 2.99. The van der Waals surface area contributed by atoms with Gasteiger partial charge in [0.25, 0.3) is 0 Å². The van der Waals surface area contributed by atoms with Gasteiger partial charge in [-0.25, -0.2) is 0 Å². The van der Waals surface area contributed by atoms with Gasteiger partial charge in [0.05, 0.1) is 22.8 Å². The molecule has 0 aliphatic carbocycles. The van der Waals surface area contributed by atoms with Crippen molar-refractivity contribution in [2.45, 2.75) is 111 Å². The van der Waals surface area contributed by atoms with E-state index in [9.17, 15) is 10.2 Å². The Labute approximate surface area is 265 Å². The summed E-state index contributed by atoms with van der Waals surface area (Å²) < 4.78 is 0. The van der Waals surface area contributed by atoms with Gasteiger partial charge in [-0.05, 0) is 80.3 Å². The van der Waals surface area contributed by atoms with Crippen LogP contribution in [0.4, 0.5) is 11.4 Å². The summed E-state index contributed by atoms with van der Waals surface area (Å²) in [6.45, 7) is 8.72. The number of nitrogens with zero attached hydrogens (tertiary/aromatic N) is 2. The molecule has 5 heteroatoms. The van der Waals surface area contributed by atoms with Crippen molar-refractivity contribution in [2.24, 2.45) is 9.98 Å². The van der Waals surface area contributed by atoms with Crippen molar-refractivity contribution < 1.29 is 26.7 Å². The first-order valence-electron chi connectivity index (χ1n) is 15.8. The number of para-hydroxylation sites is 2. The minimum atomic E-state index is -0.359. The fourth-order valence-electron chi connectivity index (χ4n) is 4.68. The van der Waals surface area contributed by atoms with E-state index in [2.05, 4.69) is 52.0 Å². The molecule has 0 bridgehead atoms. The van der Waals surface area contributed by atoms with Gasteiger partial charge >= 0.3 is 16.5 Å². The predicted octanol–water partition coefficient (Wildman–Crippen LogP) is 9.82. The van der Waals surface area contributed by atoms with Crippen LogP contribution < -0.4 is 10.2 Å². The molecule has 42 heavy (non-hydrogen) atoms. The van der Waals surface area contributed by atoms with Crippen LogP contribution in [0.2, 0.25) is 0 Å². The maximum Gasteiger partial charge on any atom is 2.00 e. The van der Waals surface area contributed by atoms with E-state index in [4.69, 9.17) is 9.98 Å². The van der Waals surface area contributed by atoms with E-state index >= 15 is 0 Å². The summed E-state index contributed by atoms with van der Waals surface area (Å²) in [5.41, 5.74) is 6.49. The van der Waals surface area contributed by atoms with Crippen LogP contribution >= 0.6 is 0 Å². The van der Waals surface area contributed by atoms with E-state index in [0.29, 0.717) is 0 Å². The molecule has 0 aliphatic heterocycles. The van der Waals surface area contributed by atoms with Crippen LogP contribution in [0, 0.1) is 0 Å². The largest absolute Gasteiger partial charge is 2.00 e. The number of hydrogen-bond donors (Lipinski definition) is 0. The zero-order valence-corrected chi connectivity index (χ0v) is 27.1. The maximum absolute atomic E-state index is 11.3. The first-order chi connectivity index (χ1) is 20.0. The van der Waals surface area contributed by atoms with Crippen molar-refractivity contribution >= 4 is 22.8 Å². The predicted molar refractivity (Wildman–Crippen MR) is 173 cm³/mol. The van der Waals surface area contributed by atoms with E-state index in [-0.39, 0.29) is 28.0 Å². The number of aliphatic imine (C=N–C) groups is 2. The van der Waals surface area contributed by atoms with Gasteiger partial charge < -0.3 is 10.2 Å². The normalized spacial score (nSPS) is 11.4. The molecular formula is C37H50N2NiO2. The maximum atomic E-state index is 11.3. The average molecular weight is 614 g/mol. The van der Waals surface area contributed by atoms with Crippen LogP contribution in [-0.4, -0.2) is 11.4 Å². The molecule has 0 saturated carbocycles. The van der Waals surface area contributed by atoms with Crippen molar-refractivity contribution in [2.75, 3.05) is 0 Å². The zero-order chi connectivity index (χ0) is 29.7. The van der Waals surface area contributed by atoms with Crippen LogP contribution in [0.15, 0.2) is 82.8 Å². The topological polar surface area (TPSA) is 70.8 Å². The number of benzene rings is 3. The standard InChI is InChI=1S/C23H30N2.C14H22O2.Ni/c1-3-5-9-19-23(25-21-16-12-8-13-17-21)22(18-6-4-2)24-20-14-10-7-11-15-20;1-3-5-6-8-12-10-14(16)13(15)9-11(12)7-4-2;/h7-8,10-17H,3-6,9,18-19H2,1-2H3;9-10,15-16H,3-8H2,1-2H3;/q;;+2/p-2. The molecule has 3 aromatic carbocycles. The van der Waals surface area contributed by atoms with Gasteiger partial charge in [0.15, 0.2) is 0 Å². The summed E-state index contributed by atoms with van der Waals surface area (Å²) in [5, 5.41) is 22.6. The fourth-order valence-corrected chi connectivity index (χ4v) is 4.68. The zero-order valence-electron chi connectivity index (χ0n) is 26.1. The molecule has 0 saturated heterocycles. The van der Waals surface area contributed by atoms with Crippen LogP contribution in [0.5, 0.6) is 11.5 Å². The van der Waals surface area contributed by atoms with Crippen LogP contribution in [0.3, 0.4) is 0 Å². The molecule has 4 nitrogen and oxygen atoms in total. The van der Waals surface area contributed by atoms with Crippen molar-refractivity contribution in [1.82, 2.24) is 0 Å². The molecule has 0 aliphatic rings. The molecule has 0 fully saturated rings. The Morgan fingerprint density at radius 3 is 1.40 bits per heavy atom. The fraction of sp³-hybridized carbons (Fsp3) is 0.459. The molecule has 3 rings (SSSR count). The number of unbranched alkanes of at least 4 members (excludes halogenated alkanes) is 5. The second kappa shape index (κ2) is 22.7. The Hall–Kier alpha value is -2.91. The molecule has 3 aromatic rings. The molecule has 0 radical (unpaired) electrons. The molecule has 0 N–H and O–H groups in total. The van der Waals surface area contributed by atoms with Gasteiger partial charge in [-0.2, -0.15) is 0 Å². The van der Waals surface area contributed by atoms with Crippen molar-refractivity contribution in [3.8, 4) is 11.5 Å². The summed E-state index contributed by atoms with van der Waals surface area (Å²) in [7, 11) is 0. The molecule has 230 valence electrons. The van der Waals surface area contributed by atoms with Crippen molar-refractivity contribution in [3.05, 3.63) is 83.9 Å². The second-order valence-corrected chi connectivity index (χ2v) is 10.6. The summed E-state index contributed by atoms with van der Waals surface area (Å²) in [6, 6.07) is 23.6. The third kappa shape index (κ3) is 14.3. The third-order valence-electron chi connectivity index (χ3n) is 6.99. The monoisotopic (exact) mass is 612 g/mol. The van der Waals surface area contributed by atoms with Crippen molar-refractivity contribution in [3.63, 3.8) is 0 Å². The summed E-state index contributed by atoms with van der Waals surface area (Å²) in [6.07, 6.45) is 14.2. The summed E-state index contributed by atoms with van der Waals surface area (Å²) in [5.74, 6) is -0.714. The van der Waals surface area contributed by atoms with Gasteiger partial charge in [-0.1, -0.05) is 115 Å². The van der Waals surface area contributed by atoms with Gasteiger partial charge in [0, 0.05) is 0 Å². The SMILES string of the molecule is CCCCCC(=Nc1ccccc1)C(CCCC)=Nc1ccccc1.CCCCCc1cc([O-])c([O-])cc1CCC.[Ni+2]. The first kappa shape index (κ1) is 37.1. The Morgan fingerprint density at radius 2 is 0.952 bits per heavy atom. The van der Waals surface area contributed by atoms with Gasteiger partial charge in [0.2, 0.25) is 0 Å². The summed E-state index contributed by atoms with van der Waals surface area (Å²) >= 11 is 0. The molecule has 0 atom stereocenters. The van der Waals surface area contributed by atoms with Gasteiger partial charge in [-0.15, -0.1) is 11.5 Å². The van der Waals surface area contributed by atoms with Crippen LogP contribution in [0.25, 0.3) is 0 Å². The third-order valence-corrected chi connectivity index (χ3v) is 6.99. The van der Waals surface area contributed by atoms with Crippen LogP contribution in [0.1, 0.15) is 109 Å². The van der Waals surface area contributed by atoms with E-state index in [1.807, 2.05) is 36.4 Å². The van der Waals surface area contributed by atoms with E-state index in [1.54, 1.807) is 6.07 Å². The van der Waals surface area contributed by atoms with Gasteiger partial charge in [-0.3, -0.25) is 9.98 Å². The summed E-state index contributed by atoms with van der Waals surface area (Å²) in [4.78, 5) is 9.92. The molecular weight excluding hydrogens is 563 g/mol. The Kier molecular flexibility index (Phi) is 20.0. The number of hydrogen-bond acceptors (Lipinski definition) is 4. The molecule has 0 aromatic heterocycles. The Bertz CT molecular complexity index is 1180. The minimum absolute atomic E-state index is 0. The molecule has 0 spiro atoms. The van der Waals surface area contributed by atoms with E-state index < -0.39 is 0 Å². The van der Waals surface area contributed by atoms with Crippen molar-refractivity contribution in [1.29, 1.82) is 0 Å². The molecule has 0 unspecified atom stereocenters. The quantitative estimate of drug-likeness (QED) is 0.0917. The van der Waals surface area contributed by atoms with Crippen LogP contribution in [-0.2, 0) is 29.3 Å². The van der Waals surface area contributed by atoms with E-state index in [0.717, 1.165) is 78.9 Å². The Balaban J connectivity index is 0.000000450. The molecule has 0 heterocycles. The van der Waals surface area contributed by atoms with E-state index in [1.165, 1.54) is 44.6 Å². The number of aryl methyl sites for hydroxylation is 2. The first-order valence-corrected chi connectivity index (χ1v) is 15.8. The van der Waals surface area contributed by atoms with Gasteiger partial charge in [0.1, 0.15) is 0 Å². The smallest absolute Gasteiger partial charge is 0.873 e. The minimum Gasteiger partial charge on any atom is -0.873 e.